The van der Waals surface area contributed by atoms with Crippen LogP contribution in [-0.4, -0.2) is 19.7 Å². The number of anilines is 1. The van der Waals surface area contributed by atoms with Crippen molar-refractivity contribution >= 4 is 12.2 Å². The first-order valence-corrected chi connectivity index (χ1v) is 5.36. The molecule has 4 heteroatoms. The van der Waals surface area contributed by atoms with E-state index in [1.165, 1.54) is 0 Å². The van der Waals surface area contributed by atoms with Gasteiger partial charge in [-0.25, -0.2) is 0 Å². The number of rotatable bonds is 8. The van der Waals surface area contributed by atoms with Gasteiger partial charge in [0.25, 0.3) is 6.47 Å². The molecule has 0 aliphatic carbocycles. The summed E-state index contributed by atoms with van der Waals surface area (Å²) in [6.45, 7) is 1.64. The van der Waals surface area contributed by atoms with Crippen molar-refractivity contribution in [2.75, 3.05) is 18.9 Å². The lowest BCUT2D eigenvalue weighted by Crippen LogP contribution is -1.99. The Bertz CT molecular complexity index is 298. The molecule has 0 atom stereocenters. The minimum absolute atomic E-state index is 0.477. The van der Waals surface area contributed by atoms with Crippen molar-refractivity contribution in [3.05, 3.63) is 24.3 Å². The highest BCUT2D eigenvalue weighted by molar-refractivity contribution is 5.41. The molecule has 0 unspecified atom stereocenters. The van der Waals surface area contributed by atoms with Crippen molar-refractivity contribution < 1.29 is 14.3 Å². The molecule has 0 heterocycles. The zero-order valence-electron chi connectivity index (χ0n) is 9.22. The summed E-state index contributed by atoms with van der Waals surface area (Å²) >= 11 is 0. The van der Waals surface area contributed by atoms with Crippen molar-refractivity contribution in [2.24, 2.45) is 0 Å². The fourth-order valence-corrected chi connectivity index (χ4v) is 1.27. The Balaban J connectivity index is 2.02. The van der Waals surface area contributed by atoms with Crippen LogP contribution in [0.5, 0.6) is 5.75 Å². The summed E-state index contributed by atoms with van der Waals surface area (Å²) in [5.74, 6) is 0.832. The Morgan fingerprint density at radius 3 is 2.44 bits per heavy atom. The molecule has 4 nitrogen and oxygen atoms in total. The zero-order chi connectivity index (χ0) is 11.6. The lowest BCUT2D eigenvalue weighted by molar-refractivity contribution is -0.128. The SMILES string of the molecule is Nc1ccc(OCCCCCOC=O)cc1. The summed E-state index contributed by atoms with van der Waals surface area (Å²) in [4.78, 5) is 9.85. The molecule has 0 spiro atoms. The van der Waals surface area contributed by atoms with Crippen LogP contribution in [0, 0.1) is 0 Å². The quantitative estimate of drug-likeness (QED) is 0.416. The lowest BCUT2D eigenvalue weighted by atomic mass is 10.2. The van der Waals surface area contributed by atoms with E-state index >= 15 is 0 Å². The number of carbonyl (C=O) groups is 1. The third-order valence-corrected chi connectivity index (χ3v) is 2.12. The van der Waals surface area contributed by atoms with Gasteiger partial charge < -0.3 is 15.2 Å². The van der Waals surface area contributed by atoms with Gasteiger partial charge in [-0.2, -0.15) is 0 Å². The summed E-state index contributed by atoms with van der Waals surface area (Å²) in [5.41, 5.74) is 6.29. The minimum atomic E-state index is 0.477. The number of nitrogen functional groups attached to an aromatic ring is 1. The van der Waals surface area contributed by atoms with Crippen molar-refractivity contribution in [3.63, 3.8) is 0 Å². The highest BCUT2D eigenvalue weighted by Gasteiger charge is 1.94. The smallest absolute Gasteiger partial charge is 0.293 e. The van der Waals surface area contributed by atoms with E-state index in [1.807, 2.05) is 24.3 Å². The molecule has 0 aromatic heterocycles. The predicted octanol–water partition coefficient (Wildman–Crippen LogP) is 1.99. The van der Waals surface area contributed by atoms with E-state index in [-0.39, 0.29) is 0 Å². The Morgan fingerprint density at radius 2 is 1.75 bits per heavy atom. The van der Waals surface area contributed by atoms with E-state index in [9.17, 15) is 4.79 Å². The Labute approximate surface area is 95.3 Å². The molecule has 1 aromatic rings. The second-order valence-corrected chi connectivity index (χ2v) is 3.45. The molecule has 16 heavy (non-hydrogen) atoms. The fraction of sp³-hybridized carbons (Fsp3) is 0.417. The highest BCUT2D eigenvalue weighted by atomic mass is 16.5. The predicted molar refractivity (Wildman–Crippen MR) is 62.2 cm³/mol. The Morgan fingerprint density at radius 1 is 1.06 bits per heavy atom. The second-order valence-electron chi connectivity index (χ2n) is 3.45. The van der Waals surface area contributed by atoms with E-state index in [4.69, 9.17) is 10.5 Å². The van der Waals surface area contributed by atoms with Crippen molar-refractivity contribution in [1.29, 1.82) is 0 Å². The maximum atomic E-state index is 9.85. The summed E-state index contributed by atoms with van der Waals surface area (Å²) in [7, 11) is 0. The number of hydrogen-bond donors (Lipinski definition) is 1. The molecule has 0 amide bonds. The van der Waals surface area contributed by atoms with Crippen LogP contribution in [0.2, 0.25) is 0 Å². The van der Waals surface area contributed by atoms with Gasteiger partial charge in [0, 0.05) is 5.69 Å². The largest absolute Gasteiger partial charge is 0.494 e. The van der Waals surface area contributed by atoms with Crippen LogP contribution in [0.15, 0.2) is 24.3 Å². The van der Waals surface area contributed by atoms with Gasteiger partial charge in [-0.1, -0.05) is 0 Å². The molecule has 1 aromatic carbocycles. The number of carbonyl (C=O) groups excluding carboxylic acids is 1. The maximum absolute atomic E-state index is 9.85. The minimum Gasteiger partial charge on any atom is -0.494 e. The van der Waals surface area contributed by atoms with Crippen LogP contribution in [0.25, 0.3) is 0 Å². The molecule has 0 radical (unpaired) electrons. The first-order chi connectivity index (χ1) is 7.83. The molecular formula is C12H17NO3. The Hall–Kier alpha value is -1.71. The maximum Gasteiger partial charge on any atom is 0.293 e. The van der Waals surface area contributed by atoms with Crippen molar-refractivity contribution in [1.82, 2.24) is 0 Å². The number of hydrogen-bond acceptors (Lipinski definition) is 4. The summed E-state index contributed by atoms with van der Waals surface area (Å²) < 4.78 is 10.1. The summed E-state index contributed by atoms with van der Waals surface area (Å²) in [6, 6.07) is 7.33. The summed E-state index contributed by atoms with van der Waals surface area (Å²) in [6.07, 6.45) is 2.82. The first-order valence-electron chi connectivity index (χ1n) is 5.36. The molecule has 1 rings (SSSR count). The van der Waals surface area contributed by atoms with Gasteiger partial charge in [-0.3, -0.25) is 4.79 Å². The van der Waals surface area contributed by atoms with E-state index in [0.717, 1.165) is 30.7 Å². The van der Waals surface area contributed by atoms with E-state index in [2.05, 4.69) is 4.74 Å². The van der Waals surface area contributed by atoms with Crippen LogP contribution in [-0.2, 0) is 9.53 Å². The van der Waals surface area contributed by atoms with Crippen LogP contribution in [0.4, 0.5) is 5.69 Å². The van der Waals surface area contributed by atoms with Crippen molar-refractivity contribution in [3.8, 4) is 5.75 Å². The van der Waals surface area contributed by atoms with Crippen molar-refractivity contribution in [2.45, 2.75) is 19.3 Å². The molecular weight excluding hydrogens is 206 g/mol. The topological polar surface area (TPSA) is 61.6 Å². The van der Waals surface area contributed by atoms with E-state index < -0.39 is 0 Å². The normalized spacial score (nSPS) is 9.75. The first kappa shape index (κ1) is 12.4. The average molecular weight is 223 g/mol. The summed E-state index contributed by atoms with van der Waals surface area (Å²) in [5, 5.41) is 0. The zero-order valence-corrected chi connectivity index (χ0v) is 9.22. The van der Waals surface area contributed by atoms with Gasteiger partial charge in [0.2, 0.25) is 0 Å². The number of ether oxygens (including phenoxy) is 2. The molecule has 0 aliphatic heterocycles. The molecule has 2 N–H and O–H groups in total. The average Bonchev–Trinajstić information content (AvgIpc) is 2.30. The van der Waals surface area contributed by atoms with Gasteiger partial charge in [0.1, 0.15) is 5.75 Å². The van der Waals surface area contributed by atoms with Gasteiger partial charge >= 0.3 is 0 Å². The van der Waals surface area contributed by atoms with Crippen LogP contribution < -0.4 is 10.5 Å². The van der Waals surface area contributed by atoms with Crippen LogP contribution >= 0.6 is 0 Å². The third-order valence-electron chi connectivity index (χ3n) is 2.12. The molecule has 88 valence electrons. The molecule has 0 saturated heterocycles. The second kappa shape index (κ2) is 7.56. The lowest BCUT2D eigenvalue weighted by Gasteiger charge is -2.05. The number of benzene rings is 1. The van der Waals surface area contributed by atoms with Crippen LogP contribution in [0.3, 0.4) is 0 Å². The van der Waals surface area contributed by atoms with Gasteiger partial charge in [-0.05, 0) is 43.5 Å². The Kier molecular flexibility index (Phi) is 5.84. The van der Waals surface area contributed by atoms with Gasteiger partial charge in [-0.15, -0.1) is 0 Å². The third kappa shape index (κ3) is 5.24. The fourth-order valence-electron chi connectivity index (χ4n) is 1.27. The molecule has 0 fully saturated rings. The van der Waals surface area contributed by atoms with Gasteiger partial charge in [0.15, 0.2) is 0 Å². The van der Waals surface area contributed by atoms with Crippen LogP contribution in [0.1, 0.15) is 19.3 Å². The number of nitrogens with two attached hydrogens (primary N) is 1. The van der Waals surface area contributed by atoms with E-state index in [0.29, 0.717) is 19.7 Å². The van der Waals surface area contributed by atoms with Gasteiger partial charge in [0.05, 0.1) is 13.2 Å². The standard InChI is InChI=1S/C12H17NO3/c13-11-4-6-12(7-5-11)16-9-3-1-2-8-15-10-14/h4-7,10H,1-3,8-9,13H2. The monoisotopic (exact) mass is 223 g/mol. The molecule has 0 bridgehead atoms. The van der Waals surface area contributed by atoms with E-state index in [1.54, 1.807) is 0 Å². The highest BCUT2D eigenvalue weighted by Crippen LogP contribution is 2.13. The molecule has 0 saturated carbocycles. The number of unbranched alkanes of at least 4 members (excludes halogenated alkanes) is 2. The molecule has 0 aliphatic rings.